The number of hydrogen-bond donors (Lipinski definition) is 1. The molecule has 0 aliphatic rings. The lowest BCUT2D eigenvalue weighted by molar-refractivity contribution is 0.577. The number of hydrogen-bond acceptors (Lipinski definition) is 3. The average Bonchev–Trinajstić information content (AvgIpc) is 2.15. The van der Waals surface area contributed by atoms with E-state index in [2.05, 4.69) is 4.72 Å². The molecule has 0 bridgehead atoms. The van der Waals surface area contributed by atoms with Crippen LogP contribution in [0.25, 0.3) is 0 Å². The van der Waals surface area contributed by atoms with Crippen molar-refractivity contribution in [1.29, 1.82) is 0 Å². The first-order valence-electron chi connectivity index (χ1n) is 4.64. The quantitative estimate of drug-likeness (QED) is 0.506. The van der Waals surface area contributed by atoms with Gasteiger partial charge in [-0.3, -0.25) is 0 Å². The van der Waals surface area contributed by atoms with E-state index in [1.807, 2.05) is 6.26 Å². The summed E-state index contributed by atoms with van der Waals surface area (Å²) in [5, 5.41) is 0. The summed E-state index contributed by atoms with van der Waals surface area (Å²) in [6.45, 7) is 0.547. The summed E-state index contributed by atoms with van der Waals surface area (Å²) in [6.07, 6.45) is 4.52. The summed E-state index contributed by atoms with van der Waals surface area (Å²) >= 11 is 7.19. The summed E-state index contributed by atoms with van der Waals surface area (Å²) in [6, 6.07) is 0. The molecule has 0 atom stereocenters. The number of thioether (sulfide) groups is 1. The third-order valence-electron chi connectivity index (χ3n) is 1.64. The Morgan fingerprint density at radius 1 is 1.29 bits per heavy atom. The molecule has 0 amide bonds. The van der Waals surface area contributed by atoms with E-state index in [9.17, 15) is 8.42 Å². The van der Waals surface area contributed by atoms with Gasteiger partial charge >= 0.3 is 0 Å². The van der Waals surface area contributed by atoms with Gasteiger partial charge in [0.1, 0.15) is 0 Å². The molecular weight excluding hydrogens is 242 g/mol. The van der Waals surface area contributed by atoms with E-state index in [0.717, 1.165) is 18.6 Å². The average molecular weight is 260 g/mol. The van der Waals surface area contributed by atoms with E-state index in [4.69, 9.17) is 11.6 Å². The van der Waals surface area contributed by atoms with E-state index in [-0.39, 0.29) is 5.75 Å². The highest BCUT2D eigenvalue weighted by molar-refractivity contribution is 7.98. The second kappa shape index (κ2) is 8.83. The fraction of sp³-hybridized carbons (Fsp3) is 1.00. The minimum absolute atomic E-state index is 0.138. The van der Waals surface area contributed by atoms with Gasteiger partial charge in [0.05, 0.1) is 5.75 Å². The SMILES string of the molecule is CSCCCCNS(=O)(=O)CCCCl. The Bertz CT molecular complexity index is 219. The molecule has 86 valence electrons. The van der Waals surface area contributed by atoms with E-state index in [1.165, 1.54) is 0 Å². The smallest absolute Gasteiger partial charge is 0.211 e. The van der Waals surface area contributed by atoms with Crippen molar-refractivity contribution in [3.63, 3.8) is 0 Å². The van der Waals surface area contributed by atoms with Gasteiger partial charge in [0.2, 0.25) is 10.0 Å². The lowest BCUT2D eigenvalue weighted by Crippen LogP contribution is -2.27. The van der Waals surface area contributed by atoms with Crippen molar-refractivity contribution in [3.05, 3.63) is 0 Å². The molecule has 6 heteroatoms. The second-order valence-corrected chi connectivity index (χ2v) is 6.25. The number of unbranched alkanes of at least 4 members (excludes halogenated alkanes) is 1. The standard InChI is InChI=1S/C8H18ClNO2S2/c1-13-7-3-2-6-10-14(11,12)8-4-5-9/h10H,2-8H2,1H3. The van der Waals surface area contributed by atoms with Crippen LogP contribution in [0.2, 0.25) is 0 Å². The number of nitrogens with one attached hydrogen (secondary N) is 1. The molecule has 14 heavy (non-hydrogen) atoms. The minimum Gasteiger partial charge on any atom is -0.215 e. The van der Waals surface area contributed by atoms with Gasteiger partial charge in [-0.15, -0.1) is 11.6 Å². The monoisotopic (exact) mass is 259 g/mol. The van der Waals surface area contributed by atoms with Gasteiger partial charge in [0, 0.05) is 12.4 Å². The summed E-state index contributed by atoms with van der Waals surface area (Å²) in [5.74, 6) is 1.62. The van der Waals surface area contributed by atoms with Crippen LogP contribution in [0.5, 0.6) is 0 Å². The molecule has 0 aromatic heterocycles. The summed E-state index contributed by atoms with van der Waals surface area (Å²) < 4.78 is 25.1. The molecule has 0 unspecified atom stereocenters. The molecule has 0 aliphatic carbocycles. The van der Waals surface area contributed by atoms with Crippen LogP contribution in [0.1, 0.15) is 19.3 Å². The Morgan fingerprint density at radius 2 is 2.00 bits per heavy atom. The van der Waals surface area contributed by atoms with Gasteiger partial charge in [-0.2, -0.15) is 11.8 Å². The van der Waals surface area contributed by atoms with E-state index in [1.54, 1.807) is 11.8 Å². The van der Waals surface area contributed by atoms with Gasteiger partial charge in [-0.1, -0.05) is 0 Å². The predicted octanol–water partition coefficient (Wildman–Crippen LogP) is 1.68. The van der Waals surface area contributed by atoms with E-state index in [0.29, 0.717) is 18.8 Å². The third kappa shape index (κ3) is 9.12. The summed E-state index contributed by atoms with van der Waals surface area (Å²) in [4.78, 5) is 0. The Hall–Kier alpha value is 0.550. The van der Waals surface area contributed by atoms with Gasteiger partial charge in [0.25, 0.3) is 0 Å². The molecule has 0 saturated carbocycles. The highest BCUT2D eigenvalue weighted by Gasteiger charge is 2.07. The lowest BCUT2D eigenvalue weighted by Gasteiger charge is -2.04. The van der Waals surface area contributed by atoms with Crippen molar-refractivity contribution in [2.24, 2.45) is 0 Å². The molecule has 0 aromatic carbocycles. The van der Waals surface area contributed by atoms with Crippen LogP contribution in [0.15, 0.2) is 0 Å². The van der Waals surface area contributed by atoms with Gasteiger partial charge in [0.15, 0.2) is 0 Å². The maximum atomic E-state index is 11.2. The van der Waals surface area contributed by atoms with Gasteiger partial charge in [-0.05, 0) is 31.3 Å². The highest BCUT2D eigenvalue weighted by Crippen LogP contribution is 1.99. The molecule has 0 rings (SSSR count). The van der Waals surface area contributed by atoms with Crippen molar-refractivity contribution in [2.75, 3.05) is 30.2 Å². The molecule has 0 fully saturated rings. The molecule has 0 aromatic rings. The van der Waals surface area contributed by atoms with E-state index >= 15 is 0 Å². The van der Waals surface area contributed by atoms with Crippen LogP contribution in [0.4, 0.5) is 0 Å². The predicted molar refractivity (Wildman–Crippen MR) is 64.7 cm³/mol. The molecular formula is C8H18ClNO2S2. The van der Waals surface area contributed by atoms with Crippen LogP contribution >= 0.6 is 23.4 Å². The van der Waals surface area contributed by atoms with Crippen LogP contribution in [-0.2, 0) is 10.0 Å². The van der Waals surface area contributed by atoms with Crippen molar-refractivity contribution >= 4 is 33.4 Å². The molecule has 3 nitrogen and oxygen atoms in total. The zero-order chi connectivity index (χ0) is 10.9. The number of halogens is 1. The first-order valence-corrected chi connectivity index (χ1v) is 8.22. The van der Waals surface area contributed by atoms with Crippen LogP contribution in [0.3, 0.4) is 0 Å². The largest absolute Gasteiger partial charge is 0.215 e. The Balaban J connectivity index is 3.46. The first-order chi connectivity index (χ1) is 6.62. The third-order valence-corrected chi connectivity index (χ3v) is 4.08. The zero-order valence-corrected chi connectivity index (χ0v) is 10.8. The Labute approximate surface area is 96.0 Å². The fourth-order valence-corrected chi connectivity index (χ4v) is 2.82. The van der Waals surface area contributed by atoms with Crippen molar-refractivity contribution in [2.45, 2.75) is 19.3 Å². The minimum atomic E-state index is -3.07. The molecule has 0 spiro atoms. The van der Waals surface area contributed by atoms with Gasteiger partial charge < -0.3 is 0 Å². The molecule has 0 saturated heterocycles. The molecule has 0 aliphatic heterocycles. The number of rotatable bonds is 9. The fourth-order valence-electron chi connectivity index (χ4n) is 0.916. The maximum absolute atomic E-state index is 11.2. The molecule has 0 radical (unpaired) electrons. The lowest BCUT2D eigenvalue weighted by atomic mass is 10.3. The van der Waals surface area contributed by atoms with Crippen molar-refractivity contribution < 1.29 is 8.42 Å². The van der Waals surface area contributed by atoms with Crippen LogP contribution in [0, 0.1) is 0 Å². The molecule has 1 N–H and O–H groups in total. The molecule has 0 heterocycles. The zero-order valence-electron chi connectivity index (χ0n) is 8.46. The normalized spacial score (nSPS) is 11.9. The second-order valence-electron chi connectivity index (χ2n) is 2.96. The van der Waals surface area contributed by atoms with Crippen LogP contribution in [-0.4, -0.2) is 38.6 Å². The number of alkyl halides is 1. The Morgan fingerprint density at radius 3 is 2.57 bits per heavy atom. The highest BCUT2D eigenvalue weighted by atomic mass is 35.5. The first kappa shape index (κ1) is 14.6. The van der Waals surface area contributed by atoms with Crippen molar-refractivity contribution in [1.82, 2.24) is 4.72 Å². The summed E-state index contributed by atoms with van der Waals surface area (Å²) in [5.41, 5.74) is 0. The Kier molecular flexibility index (Phi) is 9.17. The van der Waals surface area contributed by atoms with Crippen LogP contribution < -0.4 is 4.72 Å². The van der Waals surface area contributed by atoms with Gasteiger partial charge in [-0.25, -0.2) is 13.1 Å². The van der Waals surface area contributed by atoms with Crippen molar-refractivity contribution in [3.8, 4) is 0 Å². The summed E-state index contributed by atoms with van der Waals surface area (Å²) in [7, 11) is -3.07. The maximum Gasteiger partial charge on any atom is 0.211 e. The number of sulfonamides is 1. The topological polar surface area (TPSA) is 46.2 Å². The van der Waals surface area contributed by atoms with E-state index < -0.39 is 10.0 Å².